The molecule has 0 radical (unpaired) electrons. The fourth-order valence-electron chi connectivity index (χ4n) is 2.44. The zero-order chi connectivity index (χ0) is 22.0. The fourth-order valence-corrected chi connectivity index (χ4v) is 3.98. The SMILES string of the molecule is CC(C)Cn1cc(C(C)(C)C)sc1=NC(=S)c1cc(Cl)ccc1OCC(F)(F)F. The van der Waals surface area contributed by atoms with Crippen LogP contribution in [0.4, 0.5) is 13.2 Å². The summed E-state index contributed by atoms with van der Waals surface area (Å²) in [6.45, 7) is 9.88. The number of hydrogen-bond donors (Lipinski definition) is 0. The van der Waals surface area contributed by atoms with Crippen LogP contribution in [0, 0.1) is 5.92 Å². The molecule has 0 bridgehead atoms. The molecule has 1 aromatic carbocycles. The molecule has 9 heteroatoms. The van der Waals surface area contributed by atoms with Crippen LogP contribution in [0.15, 0.2) is 29.4 Å². The van der Waals surface area contributed by atoms with E-state index in [1.165, 1.54) is 29.5 Å². The van der Waals surface area contributed by atoms with Crippen LogP contribution in [0.25, 0.3) is 0 Å². The van der Waals surface area contributed by atoms with Gasteiger partial charge < -0.3 is 9.30 Å². The summed E-state index contributed by atoms with van der Waals surface area (Å²) in [4.78, 5) is 6.51. The highest BCUT2D eigenvalue weighted by molar-refractivity contribution is 7.80. The Labute approximate surface area is 183 Å². The van der Waals surface area contributed by atoms with Crippen molar-refractivity contribution < 1.29 is 17.9 Å². The third kappa shape index (κ3) is 7.12. The highest BCUT2D eigenvalue weighted by Gasteiger charge is 2.29. The van der Waals surface area contributed by atoms with Crippen LogP contribution in [0.1, 0.15) is 45.1 Å². The molecule has 29 heavy (non-hydrogen) atoms. The summed E-state index contributed by atoms with van der Waals surface area (Å²) in [7, 11) is 0. The van der Waals surface area contributed by atoms with E-state index < -0.39 is 12.8 Å². The molecular formula is C20H24ClF3N2OS2. The van der Waals surface area contributed by atoms with E-state index in [9.17, 15) is 13.2 Å². The van der Waals surface area contributed by atoms with Crippen molar-refractivity contribution in [3.05, 3.63) is 44.7 Å². The molecule has 0 aliphatic carbocycles. The maximum absolute atomic E-state index is 12.6. The van der Waals surface area contributed by atoms with Gasteiger partial charge in [0.25, 0.3) is 0 Å². The van der Waals surface area contributed by atoms with Crippen LogP contribution in [0.5, 0.6) is 5.75 Å². The minimum atomic E-state index is -4.45. The van der Waals surface area contributed by atoms with E-state index in [4.69, 9.17) is 28.6 Å². The van der Waals surface area contributed by atoms with Gasteiger partial charge in [-0.25, -0.2) is 4.99 Å². The van der Waals surface area contributed by atoms with Gasteiger partial charge in [-0.3, -0.25) is 0 Å². The molecule has 0 fully saturated rings. The molecular weight excluding hydrogens is 441 g/mol. The average molecular weight is 465 g/mol. The number of thiazole rings is 1. The van der Waals surface area contributed by atoms with Gasteiger partial charge in [0.05, 0.1) is 5.56 Å². The number of nitrogens with zero attached hydrogens (tertiary/aromatic N) is 2. The molecule has 160 valence electrons. The lowest BCUT2D eigenvalue weighted by Gasteiger charge is -2.14. The van der Waals surface area contributed by atoms with Crippen LogP contribution in [0.3, 0.4) is 0 Å². The molecule has 0 amide bonds. The maximum atomic E-state index is 12.6. The highest BCUT2D eigenvalue weighted by Crippen LogP contribution is 2.27. The van der Waals surface area contributed by atoms with Gasteiger partial charge in [0.1, 0.15) is 10.7 Å². The average Bonchev–Trinajstić information content (AvgIpc) is 2.95. The Morgan fingerprint density at radius 3 is 2.48 bits per heavy atom. The second kappa shape index (κ2) is 9.18. The summed E-state index contributed by atoms with van der Waals surface area (Å²) in [5.74, 6) is 0.394. The minimum Gasteiger partial charge on any atom is -0.483 e. The second-order valence-electron chi connectivity index (χ2n) is 8.14. The molecule has 0 aliphatic heterocycles. The van der Waals surface area contributed by atoms with E-state index in [-0.39, 0.29) is 21.7 Å². The lowest BCUT2D eigenvalue weighted by molar-refractivity contribution is -0.153. The van der Waals surface area contributed by atoms with Gasteiger partial charge >= 0.3 is 6.18 Å². The van der Waals surface area contributed by atoms with Crippen molar-refractivity contribution in [2.45, 2.75) is 52.8 Å². The van der Waals surface area contributed by atoms with Crippen molar-refractivity contribution >= 4 is 40.1 Å². The van der Waals surface area contributed by atoms with Gasteiger partial charge in [0, 0.05) is 22.6 Å². The van der Waals surface area contributed by atoms with Gasteiger partial charge in [-0.1, -0.05) is 58.4 Å². The van der Waals surface area contributed by atoms with Crippen molar-refractivity contribution in [1.29, 1.82) is 0 Å². The van der Waals surface area contributed by atoms with Crippen molar-refractivity contribution in [3.63, 3.8) is 0 Å². The Morgan fingerprint density at radius 2 is 1.93 bits per heavy atom. The molecule has 1 heterocycles. The van der Waals surface area contributed by atoms with E-state index in [1.807, 2.05) is 4.57 Å². The molecule has 2 rings (SSSR count). The van der Waals surface area contributed by atoms with E-state index in [0.717, 1.165) is 11.4 Å². The minimum absolute atomic E-state index is 0.00323. The third-order valence-electron chi connectivity index (χ3n) is 3.78. The van der Waals surface area contributed by atoms with Gasteiger partial charge in [0.2, 0.25) is 0 Å². The third-order valence-corrected chi connectivity index (χ3v) is 5.77. The lowest BCUT2D eigenvalue weighted by Crippen LogP contribution is -2.21. The Kier molecular flexibility index (Phi) is 7.57. The summed E-state index contributed by atoms with van der Waals surface area (Å²) < 4.78 is 44.7. The maximum Gasteiger partial charge on any atom is 0.422 e. The smallest absolute Gasteiger partial charge is 0.422 e. The van der Waals surface area contributed by atoms with Gasteiger partial charge in [-0.2, -0.15) is 13.2 Å². The number of thiocarbonyl (C=S) groups is 1. The number of alkyl halides is 3. The quantitative estimate of drug-likeness (QED) is 0.480. The number of aromatic nitrogens is 1. The molecule has 1 aromatic heterocycles. The van der Waals surface area contributed by atoms with Crippen molar-refractivity contribution in [1.82, 2.24) is 4.57 Å². The van der Waals surface area contributed by atoms with Gasteiger partial charge in [-0.15, -0.1) is 11.3 Å². The zero-order valence-corrected chi connectivity index (χ0v) is 19.3. The highest BCUT2D eigenvalue weighted by atomic mass is 35.5. The number of halogens is 4. The number of benzene rings is 1. The molecule has 0 aliphatic rings. The van der Waals surface area contributed by atoms with Crippen molar-refractivity contribution in [2.75, 3.05) is 6.61 Å². The predicted molar refractivity (Wildman–Crippen MR) is 116 cm³/mol. The largest absolute Gasteiger partial charge is 0.483 e. The first-order chi connectivity index (χ1) is 13.3. The molecule has 3 nitrogen and oxygen atoms in total. The van der Waals surface area contributed by atoms with E-state index >= 15 is 0 Å². The normalized spacial score (nSPS) is 13.2. The van der Waals surface area contributed by atoms with E-state index in [0.29, 0.717) is 15.7 Å². The van der Waals surface area contributed by atoms with E-state index in [2.05, 4.69) is 45.8 Å². The second-order valence-corrected chi connectivity index (χ2v) is 9.97. The van der Waals surface area contributed by atoms with Gasteiger partial charge in [-0.05, 0) is 29.5 Å². The standard InChI is InChI=1S/C20H24ClF3N2OS2/c1-12(2)9-26-10-16(19(3,4)5)29-18(26)25-17(28)14-8-13(21)6-7-15(14)27-11-20(22,23)24/h6-8,10,12H,9,11H2,1-5H3. The fraction of sp³-hybridized carbons (Fsp3) is 0.500. The van der Waals surface area contributed by atoms with Crippen LogP contribution in [0.2, 0.25) is 5.02 Å². The van der Waals surface area contributed by atoms with Crippen LogP contribution in [-0.4, -0.2) is 22.3 Å². The van der Waals surface area contributed by atoms with Gasteiger partial charge in [0.15, 0.2) is 11.4 Å². The molecule has 0 atom stereocenters. The monoisotopic (exact) mass is 464 g/mol. The molecule has 0 spiro atoms. The lowest BCUT2D eigenvalue weighted by atomic mass is 9.95. The molecule has 0 unspecified atom stereocenters. The Bertz CT molecular complexity index is 940. The molecule has 0 saturated carbocycles. The predicted octanol–water partition coefficient (Wildman–Crippen LogP) is 6.37. The summed E-state index contributed by atoms with van der Waals surface area (Å²) in [6.07, 6.45) is -2.39. The number of hydrogen-bond acceptors (Lipinski definition) is 3. The van der Waals surface area contributed by atoms with Crippen LogP contribution in [-0.2, 0) is 12.0 Å². The summed E-state index contributed by atoms with van der Waals surface area (Å²) in [5.41, 5.74) is 0.203. The molecule has 0 saturated heterocycles. The summed E-state index contributed by atoms with van der Waals surface area (Å²) in [5, 5.41) is 0.341. The van der Waals surface area contributed by atoms with Crippen LogP contribution < -0.4 is 9.54 Å². The van der Waals surface area contributed by atoms with Crippen molar-refractivity contribution in [3.8, 4) is 5.75 Å². The molecule has 2 aromatic rings. The Morgan fingerprint density at radius 1 is 1.28 bits per heavy atom. The summed E-state index contributed by atoms with van der Waals surface area (Å²) >= 11 is 13.0. The van der Waals surface area contributed by atoms with Crippen LogP contribution >= 0.6 is 35.2 Å². The van der Waals surface area contributed by atoms with E-state index in [1.54, 1.807) is 0 Å². The number of ether oxygens (including phenoxy) is 1. The first-order valence-corrected chi connectivity index (χ1v) is 10.7. The Hall–Kier alpha value is -1.38. The Balaban J connectivity index is 2.49. The number of rotatable bonds is 5. The topological polar surface area (TPSA) is 26.5 Å². The zero-order valence-electron chi connectivity index (χ0n) is 16.9. The first kappa shape index (κ1) is 23.9. The first-order valence-electron chi connectivity index (χ1n) is 9.05. The van der Waals surface area contributed by atoms with Crippen molar-refractivity contribution in [2.24, 2.45) is 10.9 Å². The molecule has 0 N–H and O–H groups in total. The summed E-state index contributed by atoms with van der Waals surface area (Å²) in [6, 6.07) is 4.31.